The summed E-state index contributed by atoms with van der Waals surface area (Å²) in [6.45, 7) is 4.65. The van der Waals surface area contributed by atoms with Gasteiger partial charge < -0.3 is 10.0 Å². The van der Waals surface area contributed by atoms with Crippen molar-refractivity contribution >= 4 is 15.7 Å². The normalized spacial score (nSPS) is 31.6. The van der Waals surface area contributed by atoms with E-state index in [9.17, 15) is 18.3 Å². The molecule has 0 radical (unpaired) electrons. The van der Waals surface area contributed by atoms with Gasteiger partial charge in [0.2, 0.25) is 5.91 Å². The number of carbonyl (C=O) groups excluding carboxylic acids is 1. The van der Waals surface area contributed by atoms with Gasteiger partial charge in [-0.1, -0.05) is 0 Å². The molecule has 2 N–H and O–H groups in total. The standard InChI is InChI=1S/C13H24N2O4S/c1-12(2)4-3-6-15(12)11(17)8-14-13(9-16)5-7-20(18,19)10-13/h14,16H,3-10H2,1-2H3. The Morgan fingerprint density at radius 2 is 2.05 bits per heavy atom. The Morgan fingerprint density at radius 1 is 1.35 bits per heavy atom. The summed E-state index contributed by atoms with van der Waals surface area (Å²) in [4.78, 5) is 14.1. The second-order valence-corrected chi connectivity index (χ2v) is 8.78. The van der Waals surface area contributed by atoms with E-state index < -0.39 is 15.4 Å². The molecule has 2 fully saturated rings. The van der Waals surface area contributed by atoms with Crippen molar-refractivity contribution in [2.45, 2.75) is 44.2 Å². The second-order valence-electron chi connectivity index (χ2n) is 6.60. The van der Waals surface area contributed by atoms with Gasteiger partial charge in [-0.15, -0.1) is 0 Å². The number of sulfone groups is 1. The minimum absolute atomic E-state index is 0.0235. The molecule has 2 saturated heterocycles. The number of carbonyl (C=O) groups is 1. The number of amides is 1. The molecule has 2 aliphatic rings. The SMILES string of the molecule is CC1(C)CCCN1C(=O)CNC1(CO)CCS(=O)(=O)C1. The maximum atomic E-state index is 12.3. The van der Waals surface area contributed by atoms with Gasteiger partial charge in [-0.05, 0) is 33.1 Å². The molecule has 116 valence electrons. The zero-order chi connectivity index (χ0) is 15.0. The van der Waals surface area contributed by atoms with Crippen LogP contribution in [0.4, 0.5) is 0 Å². The molecule has 2 rings (SSSR count). The third-order valence-electron chi connectivity index (χ3n) is 4.51. The maximum absolute atomic E-state index is 12.3. The van der Waals surface area contributed by atoms with E-state index in [1.807, 2.05) is 18.7 Å². The fraction of sp³-hybridized carbons (Fsp3) is 0.923. The molecule has 1 atom stereocenters. The third-order valence-corrected chi connectivity index (χ3v) is 6.33. The molecule has 0 saturated carbocycles. The topological polar surface area (TPSA) is 86.7 Å². The lowest BCUT2D eigenvalue weighted by Crippen LogP contribution is -2.55. The highest BCUT2D eigenvalue weighted by Crippen LogP contribution is 2.28. The highest BCUT2D eigenvalue weighted by Gasteiger charge is 2.43. The van der Waals surface area contributed by atoms with Crippen molar-refractivity contribution in [3.8, 4) is 0 Å². The van der Waals surface area contributed by atoms with Crippen LogP contribution in [0, 0.1) is 0 Å². The summed E-state index contributed by atoms with van der Waals surface area (Å²) in [5.74, 6) is -0.0402. The van der Waals surface area contributed by atoms with Gasteiger partial charge in [0.25, 0.3) is 0 Å². The van der Waals surface area contributed by atoms with Crippen molar-refractivity contribution < 1.29 is 18.3 Å². The first-order valence-corrected chi connectivity index (χ1v) is 8.89. The van der Waals surface area contributed by atoms with Crippen LogP contribution in [0.1, 0.15) is 33.1 Å². The van der Waals surface area contributed by atoms with Crippen LogP contribution in [-0.2, 0) is 14.6 Å². The van der Waals surface area contributed by atoms with Crippen molar-refractivity contribution in [3.63, 3.8) is 0 Å². The predicted octanol–water partition coefficient (Wildman–Crippen LogP) is -0.473. The van der Waals surface area contributed by atoms with Gasteiger partial charge in [-0.3, -0.25) is 10.1 Å². The van der Waals surface area contributed by atoms with E-state index in [2.05, 4.69) is 5.32 Å². The largest absolute Gasteiger partial charge is 0.394 e. The summed E-state index contributed by atoms with van der Waals surface area (Å²) in [5.41, 5.74) is -0.981. The van der Waals surface area contributed by atoms with Gasteiger partial charge in [0.05, 0.1) is 30.2 Å². The molecule has 0 aromatic carbocycles. The van der Waals surface area contributed by atoms with E-state index in [1.54, 1.807) is 0 Å². The predicted molar refractivity (Wildman–Crippen MR) is 76.1 cm³/mol. The molecule has 1 amide bonds. The Balaban J connectivity index is 1.96. The highest BCUT2D eigenvalue weighted by atomic mass is 32.2. The van der Waals surface area contributed by atoms with Gasteiger partial charge in [0.1, 0.15) is 0 Å². The van der Waals surface area contributed by atoms with E-state index in [1.165, 1.54) is 0 Å². The smallest absolute Gasteiger partial charge is 0.236 e. The number of nitrogens with zero attached hydrogens (tertiary/aromatic N) is 1. The molecule has 2 aliphatic heterocycles. The molecule has 1 unspecified atom stereocenters. The van der Waals surface area contributed by atoms with Gasteiger partial charge in [0.15, 0.2) is 9.84 Å². The molecule has 0 aromatic heterocycles. The van der Waals surface area contributed by atoms with Crippen molar-refractivity contribution in [2.75, 3.05) is 31.2 Å². The lowest BCUT2D eigenvalue weighted by atomic mass is 10.00. The number of nitrogens with one attached hydrogen (secondary N) is 1. The van der Waals surface area contributed by atoms with Crippen LogP contribution in [0.15, 0.2) is 0 Å². The fourth-order valence-electron chi connectivity index (χ4n) is 3.16. The van der Waals surface area contributed by atoms with Crippen LogP contribution in [0.2, 0.25) is 0 Å². The molecule has 0 aliphatic carbocycles. The lowest BCUT2D eigenvalue weighted by Gasteiger charge is -2.33. The summed E-state index contributed by atoms with van der Waals surface area (Å²) in [7, 11) is -3.10. The Morgan fingerprint density at radius 3 is 2.50 bits per heavy atom. The lowest BCUT2D eigenvalue weighted by molar-refractivity contribution is -0.133. The van der Waals surface area contributed by atoms with E-state index >= 15 is 0 Å². The molecular weight excluding hydrogens is 280 g/mol. The molecular formula is C13H24N2O4S. The first-order chi connectivity index (χ1) is 9.20. The van der Waals surface area contributed by atoms with Crippen LogP contribution in [-0.4, -0.2) is 66.6 Å². The van der Waals surface area contributed by atoms with Gasteiger partial charge in [0, 0.05) is 12.1 Å². The number of hydrogen-bond donors (Lipinski definition) is 2. The van der Waals surface area contributed by atoms with Crippen LogP contribution in [0.5, 0.6) is 0 Å². The number of aliphatic hydroxyl groups is 1. The van der Waals surface area contributed by atoms with Crippen molar-refractivity contribution in [2.24, 2.45) is 0 Å². The van der Waals surface area contributed by atoms with E-state index in [-0.39, 0.29) is 36.1 Å². The molecule has 0 bridgehead atoms. The quantitative estimate of drug-likeness (QED) is 0.733. The van der Waals surface area contributed by atoms with Gasteiger partial charge in [-0.25, -0.2) is 8.42 Å². The second kappa shape index (κ2) is 5.27. The van der Waals surface area contributed by atoms with Crippen LogP contribution < -0.4 is 5.32 Å². The highest BCUT2D eigenvalue weighted by molar-refractivity contribution is 7.91. The van der Waals surface area contributed by atoms with Crippen LogP contribution in [0.25, 0.3) is 0 Å². The molecule has 0 spiro atoms. The molecule has 2 heterocycles. The average Bonchev–Trinajstić information content (AvgIpc) is 2.87. The number of rotatable bonds is 4. The maximum Gasteiger partial charge on any atom is 0.236 e. The average molecular weight is 304 g/mol. The summed E-state index contributed by atoms with van der Waals surface area (Å²) in [6, 6.07) is 0. The van der Waals surface area contributed by atoms with E-state index in [0.717, 1.165) is 19.4 Å². The molecule has 7 heteroatoms. The Hall–Kier alpha value is -0.660. The summed E-state index contributed by atoms with van der Waals surface area (Å²) in [6.07, 6.45) is 2.35. The summed E-state index contributed by atoms with van der Waals surface area (Å²) in [5, 5.41) is 12.5. The zero-order valence-electron chi connectivity index (χ0n) is 12.2. The summed E-state index contributed by atoms with van der Waals surface area (Å²) >= 11 is 0. The number of aliphatic hydroxyl groups excluding tert-OH is 1. The first kappa shape index (κ1) is 15.7. The fourth-order valence-corrected chi connectivity index (χ4v) is 5.19. The Bertz CT molecular complexity index is 489. The summed E-state index contributed by atoms with van der Waals surface area (Å²) < 4.78 is 23.1. The Labute approximate surface area is 120 Å². The van der Waals surface area contributed by atoms with Crippen molar-refractivity contribution in [1.82, 2.24) is 10.2 Å². The van der Waals surface area contributed by atoms with Gasteiger partial charge in [-0.2, -0.15) is 0 Å². The minimum Gasteiger partial charge on any atom is -0.394 e. The van der Waals surface area contributed by atoms with Crippen molar-refractivity contribution in [3.05, 3.63) is 0 Å². The minimum atomic E-state index is -3.10. The van der Waals surface area contributed by atoms with Crippen LogP contribution in [0.3, 0.4) is 0 Å². The van der Waals surface area contributed by atoms with Gasteiger partial charge >= 0.3 is 0 Å². The van der Waals surface area contributed by atoms with E-state index in [0.29, 0.717) is 6.42 Å². The third kappa shape index (κ3) is 3.15. The van der Waals surface area contributed by atoms with Crippen LogP contribution >= 0.6 is 0 Å². The number of likely N-dealkylation sites (tertiary alicyclic amines) is 1. The van der Waals surface area contributed by atoms with E-state index in [4.69, 9.17) is 0 Å². The number of hydrogen-bond acceptors (Lipinski definition) is 5. The van der Waals surface area contributed by atoms with Crippen molar-refractivity contribution in [1.29, 1.82) is 0 Å². The Kier molecular flexibility index (Phi) is 4.15. The molecule has 6 nitrogen and oxygen atoms in total. The first-order valence-electron chi connectivity index (χ1n) is 7.07. The zero-order valence-corrected chi connectivity index (χ0v) is 13.0. The molecule has 0 aromatic rings. The monoisotopic (exact) mass is 304 g/mol. The molecule has 20 heavy (non-hydrogen) atoms.